The molecule has 0 unspecified atom stereocenters. The first-order valence-electron chi connectivity index (χ1n) is 4.91. The van der Waals surface area contributed by atoms with E-state index in [0.29, 0.717) is 0 Å². The molecule has 0 N–H and O–H groups in total. The molecular weight excluding hydrogens is 220 g/mol. The van der Waals surface area contributed by atoms with Gasteiger partial charge in [-0.1, -0.05) is 0 Å². The van der Waals surface area contributed by atoms with Crippen LogP contribution >= 0.6 is 0 Å². The third kappa shape index (κ3) is 9.00. The summed E-state index contributed by atoms with van der Waals surface area (Å²) in [6.07, 6.45) is 2.90. The van der Waals surface area contributed by atoms with Crippen LogP contribution in [0.5, 0.6) is 0 Å². The van der Waals surface area contributed by atoms with Gasteiger partial charge in [0.05, 0.1) is 0 Å². The number of carbonyl (C=O) groups excluding carboxylic acids is 1. The zero-order chi connectivity index (χ0) is 12.1. The summed E-state index contributed by atoms with van der Waals surface area (Å²) in [5, 5.41) is 19.4. The number of hydrogen-bond acceptors (Lipinski definition) is 4. The van der Waals surface area contributed by atoms with Crippen molar-refractivity contribution >= 4 is 29.0 Å². The molecule has 0 bridgehead atoms. The molecule has 0 saturated heterocycles. The van der Waals surface area contributed by atoms with Gasteiger partial charge in [-0.25, -0.2) is 4.79 Å². The Balaban J connectivity index is 0. The predicted molar refractivity (Wildman–Crippen MR) is 58.3 cm³/mol. The van der Waals surface area contributed by atoms with Gasteiger partial charge in [-0.15, -0.1) is 5.76 Å². The number of esters is 1. The summed E-state index contributed by atoms with van der Waals surface area (Å²) in [6, 6.07) is 0. The summed E-state index contributed by atoms with van der Waals surface area (Å²) < 4.78 is 4.97. The van der Waals surface area contributed by atoms with Gasteiger partial charge in [-0.05, 0) is 39.5 Å². The summed E-state index contributed by atoms with van der Waals surface area (Å²) in [4.78, 5) is 11.1. The van der Waals surface area contributed by atoms with Gasteiger partial charge in [0, 0.05) is 6.08 Å². The minimum absolute atomic E-state index is 0. The molecule has 0 heterocycles. The number of ether oxygens (including phenoxy) is 1. The maximum Gasteiger partial charge on any atom is 2.00 e. The Morgan fingerprint density at radius 2 is 1.75 bits per heavy atom. The van der Waals surface area contributed by atoms with Crippen LogP contribution in [0.3, 0.4) is 0 Å². The van der Waals surface area contributed by atoms with E-state index >= 15 is 0 Å². The average molecular weight is 239 g/mol. The Morgan fingerprint density at radius 3 is 2.06 bits per heavy atom. The SMILES string of the molecule is CC(C)(C)OC(=O)C=C([O-])C1CC1.C[O-].[Mg+2]. The largest absolute Gasteiger partial charge is 2.00 e. The first kappa shape index (κ1) is 18.1. The van der Waals surface area contributed by atoms with Crippen LogP contribution in [0.15, 0.2) is 11.8 Å². The molecule has 0 aromatic carbocycles. The van der Waals surface area contributed by atoms with Crippen molar-refractivity contribution in [2.45, 2.75) is 39.2 Å². The zero-order valence-electron chi connectivity index (χ0n) is 10.4. The standard InChI is InChI=1S/C10H16O3.CH3O.Mg/c1-10(2,3)13-9(12)6-8(11)7-4-5-7;1-2;/h6-7,11H,4-5H2,1-3H3;1H3;/q;-1;+2/p-1. The van der Waals surface area contributed by atoms with Crippen LogP contribution in [0.25, 0.3) is 0 Å². The van der Waals surface area contributed by atoms with Gasteiger partial charge in [0.25, 0.3) is 0 Å². The van der Waals surface area contributed by atoms with Crippen LogP contribution in [0.4, 0.5) is 0 Å². The molecule has 0 radical (unpaired) electrons. The molecule has 0 amide bonds. The normalized spacial score (nSPS) is 15.4. The van der Waals surface area contributed by atoms with Crippen molar-refractivity contribution in [3.63, 3.8) is 0 Å². The molecule has 16 heavy (non-hydrogen) atoms. The second kappa shape index (κ2) is 7.92. The van der Waals surface area contributed by atoms with Gasteiger partial charge >= 0.3 is 29.0 Å². The second-order valence-electron chi connectivity index (χ2n) is 4.35. The minimum Gasteiger partial charge on any atom is -0.875 e. The van der Waals surface area contributed by atoms with Crippen LogP contribution in [0, 0.1) is 5.92 Å². The molecule has 0 atom stereocenters. The van der Waals surface area contributed by atoms with E-state index in [0.717, 1.165) is 26.0 Å². The fourth-order valence-electron chi connectivity index (χ4n) is 0.933. The zero-order valence-corrected chi connectivity index (χ0v) is 11.8. The van der Waals surface area contributed by atoms with Crippen molar-refractivity contribution in [3.8, 4) is 0 Å². The molecule has 88 valence electrons. The fourth-order valence-corrected chi connectivity index (χ4v) is 0.933. The molecule has 1 aliphatic carbocycles. The van der Waals surface area contributed by atoms with Crippen LogP contribution in [0.1, 0.15) is 33.6 Å². The molecule has 0 aliphatic heterocycles. The smallest absolute Gasteiger partial charge is 0.875 e. The van der Waals surface area contributed by atoms with Crippen molar-refractivity contribution in [3.05, 3.63) is 11.8 Å². The molecular formula is C11H18MgO4. The van der Waals surface area contributed by atoms with Crippen LogP contribution in [-0.4, -0.2) is 41.7 Å². The Hall–Kier alpha value is -0.264. The first-order chi connectivity index (χ1) is 6.88. The van der Waals surface area contributed by atoms with Gasteiger partial charge in [0.15, 0.2) is 0 Å². The molecule has 1 saturated carbocycles. The molecule has 1 rings (SSSR count). The van der Waals surface area contributed by atoms with E-state index in [2.05, 4.69) is 0 Å². The van der Waals surface area contributed by atoms with E-state index in [1.165, 1.54) is 0 Å². The molecule has 5 heteroatoms. The fraction of sp³-hybridized carbons (Fsp3) is 0.727. The van der Waals surface area contributed by atoms with E-state index in [1.807, 2.05) is 0 Å². The van der Waals surface area contributed by atoms with Gasteiger partial charge < -0.3 is 14.9 Å². The molecule has 0 aromatic rings. The Bertz CT molecular complexity index is 239. The second-order valence-corrected chi connectivity index (χ2v) is 4.35. The van der Waals surface area contributed by atoms with Gasteiger partial charge in [-0.3, -0.25) is 0 Å². The monoisotopic (exact) mass is 238 g/mol. The Labute approximate surface area is 113 Å². The molecule has 0 aromatic heterocycles. The summed E-state index contributed by atoms with van der Waals surface area (Å²) in [5.74, 6) is -0.522. The predicted octanol–water partition coefficient (Wildman–Crippen LogP) is -0.422. The average Bonchev–Trinajstić information content (AvgIpc) is 2.85. The number of allylic oxidation sites excluding steroid dienone is 1. The molecule has 4 nitrogen and oxygen atoms in total. The van der Waals surface area contributed by atoms with E-state index in [1.54, 1.807) is 20.8 Å². The maximum absolute atomic E-state index is 11.1. The van der Waals surface area contributed by atoms with Crippen molar-refractivity contribution in [1.82, 2.24) is 0 Å². The van der Waals surface area contributed by atoms with Gasteiger partial charge in [-0.2, -0.15) is 7.11 Å². The van der Waals surface area contributed by atoms with E-state index in [9.17, 15) is 9.90 Å². The number of rotatable bonds is 2. The summed E-state index contributed by atoms with van der Waals surface area (Å²) in [5.41, 5.74) is -0.516. The molecule has 1 aliphatic rings. The van der Waals surface area contributed by atoms with Gasteiger partial charge in [0.2, 0.25) is 0 Å². The first-order valence-corrected chi connectivity index (χ1v) is 4.91. The maximum atomic E-state index is 11.1. The molecule has 0 spiro atoms. The van der Waals surface area contributed by atoms with Crippen molar-refractivity contribution in [2.24, 2.45) is 5.92 Å². The minimum atomic E-state index is -0.524. The molecule has 1 fully saturated rings. The van der Waals surface area contributed by atoms with E-state index in [4.69, 9.17) is 9.84 Å². The van der Waals surface area contributed by atoms with Crippen molar-refractivity contribution < 1.29 is 19.7 Å². The quantitative estimate of drug-likeness (QED) is 0.283. The van der Waals surface area contributed by atoms with Gasteiger partial charge in [0.1, 0.15) is 5.60 Å². The van der Waals surface area contributed by atoms with Crippen LogP contribution in [0.2, 0.25) is 0 Å². The van der Waals surface area contributed by atoms with Crippen molar-refractivity contribution in [2.75, 3.05) is 7.11 Å². The third-order valence-corrected chi connectivity index (χ3v) is 1.65. The van der Waals surface area contributed by atoms with E-state index in [-0.39, 0.29) is 34.7 Å². The van der Waals surface area contributed by atoms with Crippen molar-refractivity contribution in [1.29, 1.82) is 0 Å². The number of carbonyl (C=O) groups is 1. The number of hydrogen-bond donors (Lipinski definition) is 0. The van der Waals surface area contributed by atoms with E-state index < -0.39 is 11.6 Å². The Morgan fingerprint density at radius 1 is 1.31 bits per heavy atom. The topological polar surface area (TPSA) is 72.4 Å². The summed E-state index contributed by atoms with van der Waals surface area (Å²) in [7, 11) is 0.750. The van der Waals surface area contributed by atoms with Crippen LogP contribution < -0.4 is 10.2 Å². The van der Waals surface area contributed by atoms with Crippen LogP contribution in [-0.2, 0) is 9.53 Å². The Kier molecular flexibility index (Phi) is 8.97. The third-order valence-electron chi connectivity index (χ3n) is 1.65. The summed E-state index contributed by atoms with van der Waals surface area (Å²) >= 11 is 0. The summed E-state index contributed by atoms with van der Waals surface area (Å²) in [6.45, 7) is 5.33.